The molecule has 18 heavy (non-hydrogen) atoms. The number of rotatable bonds is 9. The fraction of sp³-hybridized carbons (Fsp3) is 0.929. The number of methoxy groups -OCH3 is 1. The summed E-state index contributed by atoms with van der Waals surface area (Å²) in [4.78, 5) is 4.50. The molecule has 0 aromatic carbocycles. The molecule has 0 aromatic rings. The van der Waals surface area contributed by atoms with Crippen molar-refractivity contribution in [2.45, 2.75) is 44.9 Å². The van der Waals surface area contributed by atoms with Crippen molar-refractivity contribution in [3.05, 3.63) is 0 Å². The molecule has 0 aromatic heterocycles. The average Bonchev–Trinajstić information content (AvgIpc) is 2.42. The Morgan fingerprint density at radius 1 is 1.11 bits per heavy atom. The molecule has 0 spiro atoms. The van der Waals surface area contributed by atoms with Crippen LogP contribution in [0.4, 0.5) is 0 Å². The molecule has 106 valence electrons. The standard InChI is InChI=1S/C14H28N2O2/c1-17-11-12-18-10-6-5-9-16-14(15)13-7-3-2-4-8-13/h13H,2-12H2,1H3,(H2,15,16). The third-order valence-electron chi connectivity index (χ3n) is 3.45. The fourth-order valence-electron chi connectivity index (χ4n) is 2.30. The molecule has 4 nitrogen and oxygen atoms in total. The Morgan fingerprint density at radius 3 is 2.61 bits per heavy atom. The Bertz CT molecular complexity index is 226. The van der Waals surface area contributed by atoms with E-state index in [-0.39, 0.29) is 0 Å². The fourth-order valence-corrected chi connectivity index (χ4v) is 2.30. The largest absolute Gasteiger partial charge is 0.387 e. The van der Waals surface area contributed by atoms with Crippen molar-refractivity contribution in [3.8, 4) is 0 Å². The van der Waals surface area contributed by atoms with E-state index in [2.05, 4.69) is 4.99 Å². The first-order valence-corrected chi connectivity index (χ1v) is 7.21. The average molecular weight is 256 g/mol. The molecule has 0 radical (unpaired) electrons. The van der Waals surface area contributed by atoms with Gasteiger partial charge in [-0.25, -0.2) is 0 Å². The topological polar surface area (TPSA) is 56.8 Å². The van der Waals surface area contributed by atoms with Gasteiger partial charge in [-0.3, -0.25) is 4.99 Å². The minimum absolute atomic E-state index is 0.553. The van der Waals surface area contributed by atoms with Gasteiger partial charge in [-0.2, -0.15) is 0 Å². The van der Waals surface area contributed by atoms with Gasteiger partial charge in [0.15, 0.2) is 0 Å². The summed E-state index contributed by atoms with van der Waals surface area (Å²) >= 11 is 0. The molecular formula is C14H28N2O2. The first kappa shape index (κ1) is 15.4. The van der Waals surface area contributed by atoms with Crippen LogP contribution < -0.4 is 5.73 Å². The second-order valence-electron chi connectivity index (χ2n) is 4.95. The van der Waals surface area contributed by atoms with Gasteiger partial charge >= 0.3 is 0 Å². The van der Waals surface area contributed by atoms with E-state index in [4.69, 9.17) is 15.2 Å². The van der Waals surface area contributed by atoms with Crippen LogP contribution in [0.5, 0.6) is 0 Å². The second-order valence-corrected chi connectivity index (χ2v) is 4.95. The van der Waals surface area contributed by atoms with E-state index >= 15 is 0 Å². The lowest BCUT2D eigenvalue weighted by atomic mass is 9.88. The molecular weight excluding hydrogens is 228 g/mol. The molecule has 0 aliphatic heterocycles. The first-order valence-electron chi connectivity index (χ1n) is 7.21. The van der Waals surface area contributed by atoms with Crippen molar-refractivity contribution >= 4 is 5.84 Å². The molecule has 0 amide bonds. The maximum atomic E-state index is 6.03. The van der Waals surface area contributed by atoms with Gasteiger partial charge in [0.2, 0.25) is 0 Å². The highest BCUT2D eigenvalue weighted by atomic mass is 16.5. The van der Waals surface area contributed by atoms with E-state index < -0.39 is 0 Å². The van der Waals surface area contributed by atoms with Gasteiger partial charge in [-0.15, -0.1) is 0 Å². The van der Waals surface area contributed by atoms with E-state index in [1.54, 1.807) is 7.11 Å². The monoisotopic (exact) mass is 256 g/mol. The van der Waals surface area contributed by atoms with Gasteiger partial charge in [-0.05, 0) is 25.7 Å². The molecule has 1 aliphatic carbocycles. The highest BCUT2D eigenvalue weighted by Crippen LogP contribution is 2.23. The van der Waals surface area contributed by atoms with Crippen molar-refractivity contribution in [2.24, 2.45) is 16.6 Å². The highest BCUT2D eigenvalue weighted by Gasteiger charge is 2.16. The number of amidine groups is 1. The molecule has 0 heterocycles. The smallest absolute Gasteiger partial charge is 0.0968 e. The van der Waals surface area contributed by atoms with Crippen LogP contribution in [-0.4, -0.2) is 39.3 Å². The predicted octanol–water partition coefficient (Wildman–Crippen LogP) is 2.37. The maximum absolute atomic E-state index is 6.03. The minimum Gasteiger partial charge on any atom is -0.387 e. The summed E-state index contributed by atoms with van der Waals surface area (Å²) in [6.45, 7) is 2.99. The lowest BCUT2D eigenvalue weighted by Crippen LogP contribution is -2.26. The number of ether oxygens (including phenoxy) is 2. The van der Waals surface area contributed by atoms with Crippen molar-refractivity contribution < 1.29 is 9.47 Å². The van der Waals surface area contributed by atoms with E-state index in [1.165, 1.54) is 32.1 Å². The molecule has 2 N–H and O–H groups in total. The zero-order valence-electron chi connectivity index (χ0n) is 11.7. The van der Waals surface area contributed by atoms with E-state index in [1.807, 2.05) is 0 Å². The Kier molecular flexibility index (Phi) is 8.86. The molecule has 4 heteroatoms. The van der Waals surface area contributed by atoms with Gasteiger partial charge in [0.1, 0.15) is 0 Å². The molecule has 0 bridgehead atoms. The van der Waals surface area contributed by atoms with Crippen LogP contribution in [-0.2, 0) is 9.47 Å². The van der Waals surface area contributed by atoms with Crippen molar-refractivity contribution in [1.82, 2.24) is 0 Å². The van der Waals surface area contributed by atoms with Crippen molar-refractivity contribution in [1.29, 1.82) is 0 Å². The highest BCUT2D eigenvalue weighted by molar-refractivity contribution is 5.82. The zero-order valence-corrected chi connectivity index (χ0v) is 11.7. The van der Waals surface area contributed by atoms with Crippen LogP contribution in [0.1, 0.15) is 44.9 Å². The lowest BCUT2D eigenvalue weighted by Gasteiger charge is -2.20. The molecule has 0 saturated heterocycles. The number of aliphatic imine (C=N–C) groups is 1. The van der Waals surface area contributed by atoms with Crippen LogP contribution in [0.15, 0.2) is 4.99 Å². The van der Waals surface area contributed by atoms with Gasteiger partial charge in [-0.1, -0.05) is 19.3 Å². The molecule has 1 saturated carbocycles. The van der Waals surface area contributed by atoms with Crippen LogP contribution in [0, 0.1) is 5.92 Å². The quantitative estimate of drug-likeness (QED) is 0.391. The maximum Gasteiger partial charge on any atom is 0.0968 e. The van der Waals surface area contributed by atoms with Crippen molar-refractivity contribution in [2.75, 3.05) is 33.5 Å². The molecule has 1 fully saturated rings. The third kappa shape index (κ3) is 6.97. The molecule has 1 aliphatic rings. The zero-order chi connectivity index (χ0) is 13.1. The second kappa shape index (κ2) is 10.3. The van der Waals surface area contributed by atoms with Crippen LogP contribution in [0.25, 0.3) is 0 Å². The van der Waals surface area contributed by atoms with E-state index in [9.17, 15) is 0 Å². The normalized spacial score (nSPS) is 18.2. The summed E-state index contributed by atoms with van der Waals surface area (Å²) in [6, 6.07) is 0. The van der Waals surface area contributed by atoms with Gasteiger partial charge in [0.25, 0.3) is 0 Å². The molecule has 0 unspecified atom stereocenters. The number of unbranched alkanes of at least 4 members (excludes halogenated alkanes) is 1. The third-order valence-corrected chi connectivity index (χ3v) is 3.45. The van der Waals surface area contributed by atoms with Crippen LogP contribution in [0.3, 0.4) is 0 Å². The van der Waals surface area contributed by atoms with Crippen LogP contribution in [0.2, 0.25) is 0 Å². The Morgan fingerprint density at radius 2 is 1.89 bits per heavy atom. The Balaban J connectivity index is 1.98. The van der Waals surface area contributed by atoms with Crippen LogP contribution >= 0.6 is 0 Å². The summed E-state index contributed by atoms with van der Waals surface area (Å²) in [7, 11) is 1.69. The number of nitrogens with two attached hydrogens (primary N) is 1. The molecule has 1 rings (SSSR count). The predicted molar refractivity (Wildman–Crippen MR) is 75.0 cm³/mol. The summed E-state index contributed by atoms with van der Waals surface area (Å²) in [5.41, 5.74) is 6.03. The number of nitrogens with zero attached hydrogens (tertiary/aromatic N) is 1. The summed E-state index contributed by atoms with van der Waals surface area (Å²) in [5, 5.41) is 0. The van der Waals surface area contributed by atoms with E-state index in [0.717, 1.165) is 31.8 Å². The van der Waals surface area contributed by atoms with Crippen molar-refractivity contribution in [3.63, 3.8) is 0 Å². The summed E-state index contributed by atoms with van der Waals surface area (Å²) < 4.78 is 10.3. The first-order chi connectivity index (χ1) is 8.84. The van der Waals surface area contributed by atoms with Gasteiger partial charge in [0, 0.05) is 26.2 Å². The Labute approximate surface area is 111 Å². The van der Waals surface area contributed by atoms with E-state index in [0.29, 0.717) is 19.1 Å². The summed E-state index contributed by atoms with van der Waals surface area (Å²) in [5.74, 6) is 1.44. The number of hydrogen-bond acceptors (Lipinski definition) is 3. The Hall–Kier alpha value is -0.610. The summed E-state index contributed by atoms with van der Waals surface area (Å²) in [6.07, 6.45) is 8.56. The van der Waals surface area contributed by atoms with Gasteiger partial charge < -0.3 is 15.2 Å². The van der Waals surface area contributed by atoms with Gasteiger partial charge in [0.05, 0.1) is 19.0 Å². The SMILES string of the molecule is COCCOCCCCN=C(N)C1CCCCC1. The lowest BCUT2D eigenvalue weighted by molar-refractivity contribution is 0.0690. The minimum atomic E-state index is 0.553. The molecule has 0 atom stereocenters. The number of hydrogen-bond donors (Lipinski definition) is 1.